The number of halogens is 1. The van der Waals surface area contributed by atoms with E-state index in [1.807, 2.05) is 25.1 Å². The molecule has 2 nitrogen and oxygen atoms in total. The number of nitrogens with one attached hydrogen (secondary N) is 2. The molecule has 0 heterocycles. The second-order valence-corrected chi connectivity index (χ2v) is 7.95. The third kappa shape index (κ3) is 4.31. The highest BCUT2D eigenvalue weighted by atomic mass is 35.5. The molecule has 0 radical (unpaired) electrons. The molecule has 2 bridgehead atoms. The minimum Gasteiger partial charge on any atom is -0.358 e. The van der Waals surface area contributed by atoms with Crippen LogP contribution < -0.4 is 10.6 Å². The fourth-order valence-electron chi connectivity index (χ4n) is 3.52. The minimum atomic E-state index is 0.583. The van der Waals surface area contributed by atoms with Gasteiger partial charge in [0.2, 0.25) is 0 Å². The lowest BCUT2D eigenvalue weighted by Gasteiger charge is -2.19. The zero-order chi connectivity index (χ0) is 16.4. The highest BCUT2D eigenvalue weighted by Gasteiger charge is 2.35. The Bertz CT molecular complexity index is 656. The molecule has 0 amide bonds. The van der Waals surface area contributed by atoms with Crippen molar-refractivity contribution in [1.29, 1.82) is 0 Å². The maximum Gasteiger partial charge on any atom is 0.171 e. The summed E-state index contributed by atoms with van der Waals surface area (Å²) < 4.78 is 0. The number of hydrogen-bond donors (Lipinski definition) is 2. The van der Waals surface area contributed by atoms with Crippen LogP contribution in [-0.4, -0.2) is 16.5 Å². The number of benzene rings is 1. The van der Waals surface area contributed by atoms with Crippen molar-refractivity contribution in [3.05, 3.63) is 40.9 Å². The minimum absolute atomic E-state index is 0.583. The Morgan fingerprint density at radius 1 is 1.26 bits per heavy atom. The first-order valence-electron chi connectivity index (χ1n) is 8.02. The van der Waals surface area contributed by atoms with Crippen LogP contribution in [0.2, 0.25) is 5.02 Å². The van der Waals surface area contributed by atoms with Crippen LogP contribution in [-0.2, 0) is 0 Å². The van der Waals surface area contributed by atoms with Crippen LogP contribution >= 0.6 is 36.0 Å². The van der Waals surface area contributed by atoms with Gasteiger partial charge in [-0.2, -0.15) is 0 Å². The summed E-state index contributed by atoms with van der Waals surface area (Å²) in [6.45, 7) is 2.63. The quantitative estimate of drug-likeness (QED) is 0.572. The van der Waals surface area contributed by atoms with E-state index in [-0.39, 0.29) is 0 Å². The van der Waals surface area contributed by atoms with Crippen LogP contribution in [0.15, 0.2) is 30.4 Å². The molecule has 1 aromatic carbocycles. The van der Waals surface area contributed by atoms with Crippen LogP contribution in [0.1, 0.15) is 24.8 Å². The Morgan fingerprint density at radius 2 is 2.09 bits per heavy atom. The summed E-state index contributed by atoms with van der Waals surface area (Å²) in [7, 11) is 0. The summed E-state index contributed by atoms with van der Waals surface area (Å²) in [5.41, 5.74) is 1.94. The van der Waals surface area contributed by atoms with Crippen LogP contribution in [0, 0.1) is 24.7 Å². The van der Waals surface area contributed by atoms with Crippen molar-refractivity contribution in [1.82, 2.24) is 5.32 Å². The molecule has 3 rings (SSSR count). The van der Waals surface area contributed by atoms with E-state index in [0.29, 0.717) is 11.7 Å². The highest BCUT2D eigenvalue weighted by Crippen LogP contribution is 2.44. The lowest BCUT2D eigenvalue weighted by Crippen LogP contribution is -2.33. The Balaban J connectivity index is 1.42. The van der Waals surface area contributed by atoms with Crippen LogP contribution in [0.5, 0.6) is 0 Å². The van der Waals surface area contributed by atoms with Crippen molar-refractivity contribution in [2.24, 2.45) is 17.8 Å². The third-order valence-electron chi connectivity index (χ3n) is 4.78. The molecule has 2 N–H and O–H groups in total. The monoisotopic (exact) mass is 364 g/mol. The van der Waals surface area contributed by atoms with E-state index in [1.54, 1.807) is 0 Å². The van der Waals surface area contributed by atoms with Crippen molar-refractivity contribution in [2.75, 3.05) is 11.9 Å². The first-order valence-corrected chi connectivity index (χ1v) is 9.21. The van der Waals surface area contributed by atoms with Gasteiger partial charge in [0.25, 0.3) is 0 Å². The van der Waals surface area contributed by atoms with Gasteiger partial charge in [0.15, 0.2) is 5.11 Å². The Hall–Kier alpha value is -0.970. The number of allylic oxidation sites excluding steroid dienone is 2. The molecule has 23 heavy (non-hydrogen) atoms. The van der Waals surface area contributed by atoms with Gasteiger partial charge >= 0.3 is 0 Å². The largest absolute Gasteiger partial charge is 0.358 e. The predicted molar refractivity (Wildman–Crippen MR) is 106 cm³/mol. The third-order valence-corrected chi connectivity index (χ3v) is 5.75. The highest BCUT2D eigenvalue weighted by molar-refractivity contribution is 7.81. The van der Waals surface area contributed by atoms with Crippen molar-refractivity contribution in [3.63, 3.8) is 0 Å². The lowest BCUT2D eigenvalue weighted by atomic mass is 9.89. The van der Waals surface area contributed by atoms with E-state index in [4.69, 9.17) is 36.0 Å². The Morgan fingerprint density at radius 3 is 2.74 bits per heavy atom. The number of fused-ring (bicyclic) bond motifs is 2. The van der Waals surface area contributed by atoms with Crippen LogP contribution in [0.25, 0.3) is 0 Å². The topological polar surface area (TPSA) is 24.1 Å². The summed E-state index contributed by atoms with van der Waals surface area (Å²) in [5.74, 6) is 2.28. The molecule has 1 fully saturated rings. The van der Waals surface area contributed by atoms with E-state index >= 15 is 0 Å². The van der Waals surface area contributed by atoms with Gasteiger partial charge in [0.05, 0.1) is 0 Å². The molecular formula is C18H21ClN2S2. The molecule has 0 aliphatic heterocycles. The molecular weight excluding hydrogens is 344 g/mol. The Labute approximate surface area is 153 Å². The van der Waals surface area contributed by atoms with E-state index in [1.165, 1.54) is 12.8 Å². The summed E-state index contributed by atoms with van der Waals surface area (Å²) in [4.78, 5) is 1.06. The van der Waals surface area contributed by atoms with Crippen LogP contribution in [0.3, 0.4) is 0 Å². The summed E-state index contributed by atoms with van der Waals surface area (Å²) in [5, 5.41) is 7.67. The summed E-state index contributed by atoms with van der Waals surface area (Å²) >= 11 is 17.0. The molecule has 0 spiro atoms. The van der Waals surface area contributed by atoms with Gasteiger partial charge in [-0.3, -0.25) is 0 Å². The lowest BCUT2D eigenvalue weighted by molar-refractivity contribution is 0.465. The molecule has 2 aliphatic rings. The maximum absolute atomic E-state index is 6.12. The number of thiocarbonyl (C=S) groups is 2. The summed E-state index contributed by atoms with van der Waals surface area (Å²) in [6.07, 6.45) is 8.39. The molecule has 1 saturated carbocycles. The second kappa shape index (κ2) is 7.29. The number of hydrogen-bond acceptors (Lipinski definition) is 2. The van der Waals surface area contributed by atoms with Crippen molar-refractivity contribution in [3.8, 4) is 0 Å². The van der Waals surface area contributed by atoms with Crippen molar-refractivity contribution < 1.29 is 0 Å². The van der Waals surface area contributed by atoms with Gasteiger partial charge in [0.1, 0.15) is 0 Å². The molecule has 1 aromatic rings. The molecule has 0 aromatic heterocycles. The number of anilines is 1. The van der Waals surface area contributed by atoms with Crippen LogP contribution in [0.4, 0.5) is 5.69 Å². The van der Waals surface area contributed by atoms with E-state index < -0.39 is 0 Å². The first-order chi connectivity index (χ1) is 11.0. The van der Waals surface area contributed by atoms with E-state index in [9.17, 15) is 0 Å². The maximum atomic E-state index is 6.12. The number of aryl methyl sites for hydroxylation is 1. The second-order valence-electron chi connectivity index (χ2n) is 6.55. The fraction of sp³-hybridized carbons (Fsp3) is 0.444. The van der Waals surface area contributed by atoms with Crippen molar-refractivity contribution >= 4 is 51.7 Å². The van der Waals surface area contributed by atoms with Gasteiger partial charge < -0.3 is 10.6 Å². The molecule has 3 unspecified atom stereocenters. The molecule has 2 aliphatic carbocycles. The molecule has 122 valence electrons. The smallest absolute Gasteiger partial charge is 0.171 e. The van der Waals surface area contributed by atoms with E-state index in [2.05, 4.69) is 22.8 Å². The predicted octanol–water partition coefficient (Wildman–Crippen LogP) is 4.91. The standard InChI is InChI=1S/C18H21ClN2S2/c1-11-2-5-15(9-17(11)19)21-18(23)20-10-16(22)8-14-7-12-3-4-13(14)6-12/h2-5,9,12-14H,6-8,10H2,1H3,(H2,20,21,23). The number of rotatable bonds is 5. The SMILES string of the molecule is Cc1ccc(NC(=S)NCC(=S)CC2CC3C=CC2C3)cc1Cl. The normalized spacial score (nSPS) is 24.7. The van der Waals surface area contributed by atoms with Gasteiger partial charge in [-0.25, -0.2) is 0 Å². The zero-order valence-electron chi connectivity index (χ0n) is 13.1. The van der Waals surface area contributed by atoms with Gasteiger partial charge in [-0.1, -0.05) is 42.0 Å². The molecule has 5 heteroatoms. The zero-order valence-corrected chi connectivity index (χ0v) is 15.5. The Kier molecular flexibility index (Phi) is 5.34. The molecule has 3 atom stereocenters. The fourth-order valence-corrected chi connectivity index (χ4v) is 4.18. The average molecular weight is 365 g/mol. The van der Waals surface area contributed by atoms with Crippen molar-refractivity contribution in [2.45, 2.75) is 26.2 Å². The first kappa shape index (κ1) is 16.9. The average Bonchev–Trinajstić information content (AvgIpc) is 3.12. The van der Waals surface area contributed by atoms with Gasteiger partial charge in [-0.05, 0) is 73.9 Å². The molecule has 0 saturated heterocycles. The van der Waals surface area contributed by atoms with E-state index in [0.717, 1.165) is 45.3 Å². The summed E-state index contributed by atoms with van der Waals surface area (Å²) in [6, 6.07) is 5.82. The van der Waals surface area contributed by atoms with Gasteiger partial charge in [0, 0.05) is 22.1 Å². The van der Waals surface area contributed by atoms with Gasteiger partial charge in [-0.15, -0.1) is 0 Å².